The quantitative estimate of drug-likeness (QED) is 0.834. The van der Waals surface area contributed by atoms with Gasteiger partial charge in [0.2, 0.25) is 5.91 Å². The molecule has 0 fully saturated rings. The number of methoxy groups -OCH3 is 1. The average Bonchev–Trinajstić information content (AvgIpc) is 3.09. The third-order valence-corrected chi connectivity index (χ3v) is 4.53. The lowest BCUT2D eigenvalue weighted by atomic mass is 10.0. The number of benzene rings is 2. The topological polar surface area (TPSA) is 58.6 Å². The van der Waals surface area contributed by atoms with Gasteiger partial charge in [0.15, 0.2) is 0 Å². The van der Waals surface area contributed by atoms with Crippen molar-refractivity contribution in [2.24, 2.45) is 0 Å². The number of fused-ring (bicyclic) bond motifs is 1. The Kier molecular flexibility index (Phi) is 5.54. The van der Waals surface area contributed by atoms with Crippen molar-refractivity contribution in [3.8, 4) is 0 Å². The minimum Gasteiger partial charge on any atom is -0.452 e. The first-order chi connectivity index (χ1) is 13.0. The van der Waals surface area contributed by atoms with Crippen LogP contribution in [-0.4, -0.2) is 25.7 Å². The summed E-state index contributed by atoms with van der Waals surface area (Å²) in [6.07, 6.45) is 3.34. The summed E-state index contributed by atoms with van der Waals surface area (Å²) in [4.78, 5) is 25.5. The highest BCUT2D eigenvalue weighted by Gasteiger charge is 2.25. The fourth-order valence-electron chi connectivity index (χ4n) is 3.12. The molecule has 1 heterocycles. The molecule has 3 rings (SSSR count). The second-order valence-corrected chi connectivity index (χ2v) is 6.38. The van der Waals surface area contributed by atoms with Crippen LogP contribution in [0.2, 0.25) is 0 Å². The van der Waals surface area contributed by atoms with Crippen molar-refractivity contribution in [2.75, 3.05) is 18.6 Å². The molecule has 0 spiro atoms. The number of nitrogens with zero attached hydrogens (tertiary/aromatic N) is 1. The Labute approximate surface area is 157 Å². The van der Waals surface area contributed by atoms with Gasteiger partial charge in [-0.1, -0.05) is 24.3 Å². The molecule has 0 bridgehead atoms. The first-order valence-electron chi connectivity index (χ1n) is 8.70. The third-order valence-electron chi connectivity index (χ3n) is 4.53. The van der Waals surface area contributed by atoms with Gasteiger partial charge >= 0.3 is 6.09 Å². The predicted molar refractivity (Wildman–Crippen MR) is 102 cm³/mol. The number of rotatable bonds is 4. The van der Waals surface area contributed by atoms with Gasteiger partial charge in [0.05, 0.1) is 18.8 Å². The van der Waals surface area contributed by atoms with Crippen LogP contribution in [0, 0.1) is 5.82 Å². The summed E-state index contributed by atoms with van der Waals surface area (Å²) >= 11 is 0. The van der Waals surface area contributed by atoms with Crippen molar-refractivity contribution in [1.29, 1.82) is 0 Å². The first kappa shape index (κ1) is 18.6. The van der Waals surface area contributed by atoms with Crippen LogP contribution in [0.3, 0.4) is 0 Å². The van der Waals surface area contributed by atoms with Crippen LogP contribution in [0.5, 0.6) is 0 Å². The molecule has 1 aliphatic rings. The van der Waals surface area contributed by atoms with E-state index in [1.54, 1.807) is 23.1 Å². The van der Waals surface area contributed by atoms with Crippen molar-refractivity contribution in [3.05, 3.63) is 71.0 Å². The van der Waals surface area contributed by atoms with Gasteiger partial charge in [-0.2, -0.15) is 0 Å². The van der Waals surface area contributed by atoms with Crippen LogP contribution in [0.15, 0.2) is 48.5 Å². The second kappa shape index (κ2) is 8.03. The summed E-state index contributed by atoms with van der Waals surface area (Å²) in [6.45, 7) is 2.48. The number of halogens is 1. The Morgan fingerprint density at radius 1 is 1.26 bits per heavy atom. The Bertz CT molecular complexity index is 895. The van der Waals surface area contributed by atoms with Crippen LogP contribution in [-0.2, 0) is 16.0 Å². The minimum absolute atomic E-state index is 0.202. The van der Waals surface area contributed by atoms with E-state index in [0.29, 0.717) is 12.1 Å². The highest BCUT2D eigenvalue weighted by Crippen LogP contribution is 2.31. The Hall–Kier alpha value is -3.15. The molecule has 6 heteroatoms. The molecule has 1 unspecified atom stereocenters. The number of ether oxygens (including phenoxy) is 1. The van der Waals surface area contributed by atoms with Crippen molar-refractivity contribution >= 4 is 23.8 Å². The van der Waals surface area contributed by atoms with E-state index in [2.05, 4.69) is 5.32 Å². The van der Waals surface area contributed by atoms with E-state index in [-0.39, 0.29) is 23.9 Å². The summed E-state index contributed by atoms with van der Waals surface area (Å²) in [5, 5.41) is 2.89. The first-order valence-corrected chi connectivity index (χ1v) is 8.70. The zero-order valence-corrected chi connectivity index (χ0v) is 15.2. The SMILES string of the molecule is COC(=O)N1CCc2cc(C(C)NC(=O)C=Cc3cccc(F)c3)ccc21. The van der Waals surface area contributed by atoms with Crippen LogP contribution >= 0.6 is 0 Å². The lowest BCUT2D eigenvalue weighted by Crippen LogP contribution is -2.28. The van der Waals surface area contributed by atoms with Crippen molar-refractivity contribution in [1.82, 2.24) is 5.32 Å². The smallest absolute Gasteiger partial charge is 0.414 e. The molecule has 2 amide bonds. The van der Waals surface area contributed by atoms with Gasteiger partial charge in [-0.05, 0) is 54.3 Å². The van der Waals surface area contributed by atoms with Crippen molar-refractivity contribution < 1.29 is 18.7 Å². The van der Waals surface area contributed by atoms with Crippen LogP contribution in [0.25, 0.3) is 6.08 Å². The van der Waals surface area contributed by atoms with Gasteiger partial charge in [-0.15, -0.1) is 0 Å². The number of hydrogen-bond donors (Lipinski definition) is 1. The van der Waals surface area contributed by atoms with E-state index >= 15 is 0 Å². The fourth-order valence-corrected chi connectivity index (χ4v) is 3.12. The third kappa shape index (κ3) is 4.34. The zero-order valence-electron chi connectivity index (χ0n) is 15.2. The minimum atomic E-state index is -0.370. The van der Waals surface area contributed by atoms with Gasteiger partial charge in [-0.25, -0.2) is 9.18 Å². The number of hydrogen-bond acceptors (Lipinski definition) is 3. The van der Waals surface area contributed by atoms with Gasteiger partial charge in [-0.3, -0.25) is 9.69 Å². The predicted octanol–water partition coefficient (Wildman–Crippen LogP) is 3.85. The van der Waals surface area contributed by atoms with Crippen LogP contribution in [0.1, 0.15) is 29.7 Å². The maximum Gasteiger partial charge on any atom is 0.414 e. The van der Waals surface area contributed by atoms with E-state index in [1.165, 1.54) is 25.3 Å². The molecule has 1 atom stereocenters. The lowest BCUT2D eigenvalue weighted by Gasteiger charge is -2.17. The number of anilines is 1. The van der Waals surface area contributed by atoms with Gasteiger partial charge < -0.3 is 10.1 Å². The molecule has 1 aliphatic heterocycles. The summed E-state index contributed by atoms with van der Waals surface area (Å²) in [5.41, 5.74) is 3.47. The molecule has 140 valence electrons. The Balaban J connectivity index is 1.65. The molecule has 2 aromatic carbocycles. The highest BCUT2D eigenvalue weighted by molar-refractivity contribution is 5.92. The maximum absolute atomic E-state index is 13.2. The van der Waals surface area contributed by atoms with E-state index in [1.807, 2.05) is 25.1 Å². The molecule has 0 aromatic heterocycles. The largest absolute Gasteiger partial charge is 0.452 e. The van der Waals surface area contributed by atoms with Crippen LogP contribution in [0.4, 0.5) is 14.9 Å². The summed E-state index contributed by atoms with van der Waals surface area (Å²) in [5.74, 6) is -0.603. The molecule has 0 saturated heterocycles. The molecule has 0 aliphatic carbocycles. The van der Waals surface area contributed by atoms with Gasteiger partial charge in [0.1, 0.15) is 5.82 Å². The highest BCUT2D eigenvalue weighted by atomic mass is 19.1. The van der Waals surface area contributed by atoms with Gasteiger partial charge in [0.25, 0.3) is 0 Å². The zero-order chi connectivity index (χ0) is 19.4. The molecule has 0 radical (unpaired) electrons. The molecule has 27 heavy (non-hydrogen) atoms. The Morgan fingerprint density at radius 3 is 2.81 bits per heavy atom. The normalized spacial score (nSPS) is 14.1. The molecular formula is C21H21FN2O3. The van der Waals surface area contributed by atoms with Crippen molar-refractivity contribution in [3.63, 3.8) is 0 Å². The number of amides is 2. The molecule has 0 saturated carbocycles. The maximum atomic E-state index is 13.2. The molecule has 1 N–H and O–H groups in total. The Morgan fingerprint density at radius 2 is 2.07 bits per heavy atom. The lowest BCUT2D eigenvalue weighted by molar-refractivity contribution is -0.117. The molecular weight excluding hydrogens is 347 g/mol. The number of carbonyl (C=O) groups excluding carboxylic acids is 2. The molecule has 5 nitrogen and oxygen atoms in total. The van der Waals surface area contributed by atoms with E-state index < -0.39 is 0 Å². The van der Waals surface area contributed by atoms with E-state index in [0.717, 1.165) is 23.2 Å². The monoisotopic (exact) mass is 368 g/mol. The van der Waals surface area contributed by atoms with E-state index in [4.69, 9.17) is 4.74 Å². The molecule has 2 aromatic rings. The van der Waals surface area contributed by atoms with Gasteiger partial charge in [0, 0.05) is 12.6 Å². The summed E-state index contributed by atoms with van der Waals surface area (Å²) in [6, 6.07) is 11.6. The standard InChI is InChI=1S/C21H21FN2O3/c1-14(23-20(25)9-6-15-4-3-5-18(22)12-15)16-7-8-19-17(13-16)10-11-24(19)21(26)27-2/h3-9,12-14H,10-11H2,1-2H3,(H,23,25). The number of nitrogens with one attached hydrogen (secondary N) is 1. The fraction of sp³-hybridized carbons (Fsp3) is 0.238. The second-order valence-electron chi connectivity index (χ2n) is 6.38. The van der Waals surface area contributed by atoms with Crippen molar-refractivity contribution in [2.45, 2.75) is 19.4 Å². The summed E-state index contributed by atoms with van der Waals surface area (Å²) < 4.78 is 18.0. The number of carbonyl (C=O) groups is 2. The van der Waals surface area contributed by atoms with E-state index in [9.17, 15) is 14.0 Å². The van der Waals surface area contributed by atoms with Crippen LogP contribution < -0.4 is 10.2 Å². The summed E-state index contributed by atoms with van der Waals surface area (Å²) in [7, 11) is 1.36. The average molecular weight is 368 g/mol.